The fraction of sp³-hybridized carbons (Fsp3) is 0.500. The molecule has 3 N–H and O–H groups in total. The van der Waals surface area contributed by atoms with E-state index in [4.69, 9.17) is 9.84 Å². The topological polar surface area (TPSA) is 101 Å². The lowest BCUT2D eigenvalue weighted by Gasteiger charge is -2.22. The van der Waals surface area contributed by atoms with Crippen molar-refractivity contribution in [2.24, 2.45) is 5.92 Å². The molecule has 0 radical (unpaired) electrons. The third-order valence-corrected chi connectivity index (χ3v) is 3.39. The Bertz CT molecular complexity index is 483. The molecule has 1 aromatic heterocycles. The van der Waals surface area contributed by atoms with Crippen molar-refractivity contribution in [3.05, 3.63) is 29.6 Å². The maximum Gasteiger partial charge on any atom is 0.354 e. The second-order valence-corrected chi connectivity index (χ2v) is 4.98. The van der Waals surface area contributed by atoms with Crippen LogP contribution in [0.5, 0.6) is 0 Å². The van der Waals surface area contributed by atoms with Crippen LogP contribution in [-0.2, 0) is 11.3 Å². The first-order chi connectivity index (χ1) is 10.1. The number of carboxylic acid groups (broad SMARTS) is 1. The van der Waals surface area contributed by atoms with Gasteiger partial charge in [0.2, 0.25) is 0 Å². The van der Waals surface area contributed by atoms with Crippen LogP contribution in [-0.4, -0.2) is 41.8 Å². The van der Waals surface area contributed by atoms with E-state index in [1.807, 2.05) is 0 Å². The summed E-state index contributed by atoms with van der Waals surface area (Å²) < 4.78 is 5.26. The van der Waals surface area contributed by atoms with Crippen molar-refractivity contribution < 1.29 is 19.4 Å². The molecule has 0 spiro atoms. The van der Waals surface area contributed by atoms with Gasteiger partial charge in [0.15, 0.2) is 0 Å². The highest BCUT2D eigenvalue weighted by atomic mass is 16.5. The second-order valence-electron chi connectivity index (χ2n) is 4.98. The number of hydrogen-bond acceptors (Lipinski definition) is 4. The van der Waals surface area contributed by atoms with Crippen LogP contribution in [0.3, 0.4) is 0 Å². The third kappa shape index (κ3) is 5.03. The molecule has 114 valence electrons. The van der Waals surface area contributed by atoms with E-state index in [0.29, 0.717) is 19.0 Å². The Hall–Kier alpha value is -2.15. The zero-order valence-corrected chi connectivity index (χ0v) is 11.7. The molecule has 1 saturated heterocycles. The molecule has 7 heteroatoms. The molecule has 1 aliphatic heterocycles. The van der Waals surface area contributed by atoms with E-state index in [1.54, 1.807) is 6.07 Å². The molecule has 2 amide bonds. The molecule has 0 atom stereocenters. The van der Waals surface area contributed by atoms with Gasteiger partial charge in [-0.05, 0) is 30.4 Å². The Kier molecular flexibility index (Phi) is 5.51. The Morgan fingerprint density at radius 3 is 2.67 bits per heavy atom. The number of carbonyl (C=O) groups is 2. The summed E-state index contributed by atoms with van der Waals surface area (Å²) in [5.74, 6) is -0.593. The van der Waals surface area contributed by atoms with Gasteiger partial charge in [-0.25, -0.2) is 14.6 Å². The summed E-state index contributed by atoms with van der Waals surface area (Å²) in [7, 11) is 0. The lowest BCUT2D eigenvalue weighted by atomic mass is 10.0. The van der Waals surface area contributed by atoms with E-state index in [0.717, 1.165) is 31.6 Å². The highest BCUT2D eigenvalue weighted by molar-refractivity contribution is 5.85. The summed E-state index contributed by atoms with van der Waals surface area (Å²) >= 11 is 0. The lowest BCUT2D eigenvalue weighted by molar-refractivity contribution is 0.0669. The normalized spacial score (nSPS) is 15.4. The summed E-state index contributed by atoms with van der Waals surface area (Å²) in [5, 5.41) is 14.3. The van der Waals surface area contributed by atoms with E-state index in [2.05, 4.69) is 15.6 Å². The minimum Gasteiger partial charge on any atom is -0.477 e. The van der Waals surface area contributed by atoms with Crippen molar-refractivity contribution in [3.8, 4) is 0 Å². The van der Waals surface area contributed by atoms with Gasteiger partial charge in [0.05, 0.1) is 0 Å². The highest BCUT2D eigenvalue weighted by Gasteiger charge is 2.14. The quantitative estimate of drug-likeness (QED) is 0.752. The Morgan fingerprint density at radius 1 is 1.29 bits per heavy atom. The van der Waals surface area contributed by atoms with Gasteiger partial charge in [-0.3, -0.25) is 0 Å². The number of nitrogens with one attached hydrogen (secondary N) is 2. The Morgan fingerprint density at radius 2 is 2.05 bits per heavy atom. The molecule has 0 aliphatic carbocycles. The highest BCUT2D eigenvalue weighted by Crippen LogP contribution is 2.12. The van der Waals surface area contributed by atoms with Crippen LogP contribution < -0.4 is 10.6 Å². The van der Waals surface area contributed by atoms with E-state index in [-0.39, 0.29) is 11.7 Å². The molecule has 0 bridgehead atoms. The van der Waals surface area contributed by atoms with Crippen molar-refractivity contribution in [1.82, 2.24) is 15.6 Å². The molecule has 2 rings (SSSR count). The van der Waals surface area contributed by atoms with Crippen LogP contribution in [0, 0.1) is 5.92 Å². The standard InChI is InChI=1S/C14H19N3O4/c18-13(19)12-2-1-11(8-15-12)9-17-14(20)16-7-10-3-5-21-6-4-10/h1-2,8,10H,3-7,9H2,(H,18,19)(H2,16,17,20). The number of carbonyl (C=O) groups excluding carboxylic acids is 1. The summed E-state index contributed by atoms with van der Waals surface area (Å²) in [6.07, 6.45) is 3.39. The predicted molar refractivity (Wildman–Crippen MR) is 75.0 cm³/mol. The van der Waals surface area contributed by atoms with Gasteiger partial charge in [0.1, 0.15) is 5.69 Å². The van der Waals surface area contributed by atoms with Crippen molar-refractivity contribution in [2.45, 2.75) is 19.4 Å². The first kappa shape index (κ1) is 15.2. The van der Waals surface area contributed by atoms with Gasteiger partial charge in [0.25, 0.3) is 0 Å². The van der Waals surface area contributed by atoms with E-state index >= 15 is 0 Å². The summed E-state index contributed by atoms with van der Waals surface area (Å²) in [4.78, 5) is 26.1. The molecule has 0 unspecified atom stereocenters. The molecular weight excluding hydrogens is 274 g/mol. The molecule has 0 aromatic carbocycles. The number of rotatable bonds is 5. The van der Waals surface area contributed by atoms with Crippen molar-refractivity contribution >= 4 is 12.0 Å². The third-order valence-electron chi connectivity index (χ3n) is 3.39. The molecule has 21 heavy (non-hydrogen) atoms. The van der Waals surface area contributed by atoms with Gasteiger partial charge in [-0.2, -0.15) is 0 Å². The number of nitrogens with zero attached hydrogens (tertiary/aromatic N) is 1. The van der Waals surface area contributed by atoms with Gasteiger partial charge in [0, 0.05) is 32.5 Å². The summed E-state index contributed by atoms with van der Waals surface area (Å²) in [6, 6.07) is 2.82. The van der Waals surface area contributed by atoms with Crippen LogP contribution in [0.2, 0.25) is 0 Å². The minimum absolute atomic E-state index is 0.0114. The van der Waals surface area contributed by atoms with Crippen molar-refractivity contribution in [2.75, 3.05) is 19.8 Å². The number of hydrogen-bond donors (Lipinski definition) is 3. The molecule has 1 aromatic rings. The molecule has 1 fully saturated rings. The van der Waals surface area contributed by atoms with Gasteiger partial charge in [-0.1, -0.05) is 6.07 Å². The predicted octanol–water partition coefficient (Wildman–Crippen LogP) is 1.01. The van der Waals surface area contributed by atoms with Crippen LogP contribution in [0.25, 0.3) is 0 Å². The number of amides is 2. The van der Waals surface area contributed by atoms with Crippen molar-refractivity contribution in [3.63, 3.8) is 0 Å². The number of carboxylic acids is 1. The number of ether oxygens (including phenoxy) is 1. The lowest BCUT2D eigenvalue weighted by Crippen LogP contribution is -2.39. The largest absolute Gasteiger partial charge is 0.477 e. The maximum absolute atomic E-state index is 11.7. The molecule has 1 aliphatic rings. The fourth-order valence-electron chi connectivity index (χ4n) is 2.09. The maximum atomic E-state index is 11.7. The average molecular weight is 293 g/mol. The van der Waals surface area contributed by atoms with E-state index in [9.17, 15) is 9.59 Å². The zero-order chi connectivity index (χ0) is 15.1. The van der Waals surface area contributed by atoms with E-state index < -0.39 is 5.97 Å². The molecule has 2 heterocycles. The molecule has 0 saturated carbocycles. The first-order valence-electron chi connectivity index (χ1n) is 6.93. The van der Waals surface area contributed by atoms with Crippen LogP contribution >= 0.6 is 0 Å². The zero-order valence-electron chi connectivity index (χ0n) is 11.7. The Labute approximate surface area is 122 Å². The van der Waals surface area contributed by atoms with Gasteiger partial charge in [-0.15, -0.1) is 0 Å². The monoisotopic (exact) mass is 293 g/mol. The summed E-state index contributed by atoms with van der Waals surface area (Å²) in [5.41, 5.74) is 0.740. The number of pyridine rings is 1. The molecule has 7 nitrogen and oxygen atoms in total. The fourth-order valence-corrected chi connectivity index (χ4v) is 2.09. The SMILES string of the molecule is O=C(NCc1ccc(C(=O)O)nc1)NCC1CCOCC1. The number of aromatic nitrogens is 1. The van der Waals surface area contributed by atoms with Crippen LogP contribution in [0.15, 0.2) is 18.3 Å². The van der Waals surface area contributed by atoms with E-state index in [1.165, 1.54) is 12.3 Å². The Balaban J connectivity index is 1.69. The van der Waals surface area contributed by atoms with Gasteiger partial charge < -0.3 is 20.5 Å². The summed E-state index contributed by atoms with van der Waals surface area (Å²) in [6.45, 7) is 2.48. The van der Waals surface area contributed by atoms with Crippen LogP contribution in [0.4, 0.5) is 4.79 Å². The van der Waals surface area contributed by atoms with Crippen molar-refractivity contribution in [1.29, 1.82) is 0 Å². The first-order valence-corrected chi connectivity index (χ1v) is 6.93. The minimum atomic E-state index is -1.07. The number of urea groups is 1. The van der Waals surface area contributed by atoms with Crippen LogP contribution in [0.1, 0.15) is 28.9 Å². The average Bonchev–Trinajstić information content (AvgIpc) is 2.52. The smallest absolute Gasteiger partial charge is 0.354 e. The molecular formula is C14H19N3O4. The second kappa shape index (κ2) is 7.58. The number of aromatic carboxylic acids is 1. The van der Waals surface area contributed by atoms with Gasteiger partial charge >= 0.3 is 12.0 Å².